The molecule has 5 heteroatoms. The minimum absolute atomic E-state index is 0.206. The number of hydrogen-bond donors (Lipinski definition) is 0. The number of hydrogen-bond acceptors (Lipinski definition) is 4. The number of rotatable bonds is 3. The summed E-state index contributed by atoms with van der Waals surface area (Å²) in [6, 6.07) is 4.45. The van der Waals surface area contributed by atoms with E-state index in [0.717, 1.165) is 56.7 Å². The van der Waals surface area contributed by atoms with E-state index in [1.807, 2.05) is 19.1 Å². The first kappa shape index (κ1) is 16.0. The number of allylic oxidation sites excluding steroid dienone is 2. The van der Waals surface area contributed by atoms with Crippen LogP contribution in [0.25, 0.3) is 0 Å². The van der Waals surface area contributed by atoms with Crippen LogP contribution >= 0.6 is 0 Å². The second kappa shape index (κ2) is 7.11. The van der Waals surface area contributed by atoms with Crippen molar-refractivity contribution in [1.82, 2.24) is 15.1 Å². The van der Waals surface area contributed by atoms with Crippen LogP contribution in [0.3, 0.4) is 0 Å². The maximum absolute atomic E-state index is 12.6. The summed E-state index contributed by atoms with van der Waals surface area (Å²) < 4.78 is 0. The van der Waals surface area contributed by atoms with Crippen molar-refractivity contribution in [3.8, 4) is 0 Å². The monoisotopic (exact) mass is 314 g/mol. The lowest BCUT2D eigenvalue weighted by molar-refractivity contribution is -0.136. The van der Waals surface area contributed by atoms with Crippen LogP contribution in [0.5, 0.6) is 0 Å². The second-order valence-electron chi connectivity index (χ2n) is 6.68. The molecule has 1 aliphatic carbocycles. The fourth-order valence-electron chi connectivity index (χ4n) is 3.52. The van der Waals surface area contributed by atoms with Gasteiger partial charge in [0.2, 0.25) is 5.91 Å². The van der Waals surface area contributed by atoms with E-state index in [2.05, 4.69) is 39.2 Å². The first-order chi connectivity index (χ1) is 11.1. The number of aryl methyl sites for hydroxylation is 1. The van der Waals surface area contributed by atoms with E-state index in [9.17, 15) is 4.79 Å². The number of aromatic nitrogens is 2. The second-order valence-corrected chi connectivity index (χ2v) is 6.68. The maximum Gasteiger partial charge on any atom is 0.226 e. The quantitative estimate of drug-likeness (QED) is 0.805. The summed E-state index contributed by atoms with van der Waals surface area (Å²) in [5.74, 6) is 1.47. The zero-order valence-corrected chi connectivity index (χ0v) is 14.1. The molecule has 1 atom stereocenters. The molecule has 5 nitrogen and oxygen atoms in total. The summed E-state index contributed by atoms with van der Waals surface area (Å²) in [5.41, 5.74) is 0.934. The van der Waals surface area contributed by atoms with Gasteiger partial charge in [-0.25, -0.2) is 0 Å². The standard InChI is InChI=1S/C18H26N4O/c1-14-8-9-17(20-19-14)21(2)16-10-12-22(13-11-16)18(23)15-6-4-3-5-7-15/h3-4,8-9,15-16H,5-7,10-13H2,1-2H3/t15-/m0/s1. The highest BCUT2D eigenvalue weighted by Gasteiger charge is 2.29. The van der Waals surface area contributed by atoms with Crippen molar-refractivity contribution in [3.05, 3.63) is 30.0 Å². The van der Waals surface area contributed by atoms with Gasteiger partial charge in [0.1, 0.15) is 0 Å². The molecule has 0 spiro atoms. The molecule has 1 aliphatic heterocycles. The molecule has 124 valence electrons. The van der Waals surface area contributed by atoms with Crippen molar-refractivity contribution in [3.63, 3.8) is 0 Å². The molecule has 2 aliphatic rings. The summed E-state index contributed by atoms with van der Waals surface area (Å²) in [4.78, 5) is 16.9. The van der Waals surface area contributed by atoms with Gasteiger partial charge in [-0.2, -0.15) is 5.10 Å². The van der Waals surface area contributed by atoms with Crippen molar-refractivity contribution in [2.75, 3.05) is 25.0 Å². The van der Waals surface area contributed by atoms with Crippen LogP contribution in [0.2, 0.25) is 0 Å². The van der Waals surface area contributed by atoms with Gasteiger partial charge in [0.15, 0.2) is 5.82 Å². The maximum atomic E-state index is 12.6. The van der Waals surface area contributed by atoms with E-state index in [4.69, 9.17) is 0 Å². The molecule has 0 aromatic carbocycles. The summed E-state index contributed by atoms with van der Waals surface area (Å²) in [5, 5.41) is 8.41. The van der Waals surface area contributed by atoms with E-state index in [1.54, 1.807) is 0 Å². The Hall–Kier alpha value is -1.91. The van der Waals surface area contributed by atoms with Gasteiger partial charge in [-0.15, -0.1) is 5.10 Å². The van der Waals surface area contributed by atoms with Crippen molar-refractivity contribution in [1.29, 1.82) is 0 Å². The van der Waals surface area contributed by atoms with E-state index in [0.29, 0.717) is 11.9 Å². The Balaban J connectivity index is 1.54. The van der Waals surface area contributed by atoms with Gasteiger partial charge in [-0.3, -0.25) is 4.79 Å². The molecule has 0 bridgehead atoms. The van der Waals surface area contributed by atoms with Crippen LogP contribution in [0.15, 0.2) is 24.3 Å². The lowest BCUT2D eigenvalue weighted by Crippen LogP contribution is -2.47. The molecule has 0 N–H and O–H groups in total. The molecule has 3 rings (SSSR count). The van der Waals surface area contributed by atoms with Crippen LogP contribution in [-0.4, -0.2) is 47.2 Å². The van der Waals surface area contributed by atoms with Crippen LogP contribution < -0.4 is 4.90 Å². The SMILES string of the molecule is Cc1ccc(N(C)C2CCN(C(=O)[C@H]3CC=CCC3)CC2)nn1. The minimum atomic E-state index is 0.206. The number of piperidine rings is 1. The number of carbonyl (C=O) groups is 1. The van der Waals surface area contributed by atoms with Gasteiger partial charge in [0.05, 0.1) is 5.69 Å². The highest BCUT2D eigenvalue weighted by Crippen LogP contribution is 2.25. The number of amides is 1. The molecule has 0 unspecified atom stereocenters. The summed E-state index contributed by atoms with van der Waals surface area (Å²) in [6.45, 7) is 3.65. The number of anilines is 1. The predicted molar refractivity (Wildman–Crippen MR) is 91.3 cm³/mol. The largest absolute Gasteiger partial charge is 0.355 e. The van der Waals surface area contributed by atoms with Gasteiger partial charge in [0, 0.05) is 32.1 Å². The lowest BCUT2D eigenvalue weighted by atomic mass is 9.92. The third-order valence-corrected chi connectivity index (χ3v) is 5.09. The van der Waals surface area contributed by atoms with E-state index in [1.165, 1.54) is 0 Å². The number of carbonyl (C=O) groups excluding carboxylic acids is 1. The van der Waals surface area contributed by atoms with E-state index < -0.39 is 0 Å². The van der Waals surface area contributed by atoms with Gasteiger partial charge < -0.3 is 9.80 Å². The Morgan fingerprint density at radius 2 is 1.96 bits per heavy atom. The zero-order valence-electron chi connectivity index (χ0n) is 14.1. The number of nitrogens with zero attached hydrogens (tertiary/aromatic N) is 4. The topological polar surface area (TPSA) is 49.3 Å². The third-order valence-electron chi connectivity index (χ3n) is 5.09. The molecule has 1 aromatic rings. The highest BCUT2D eigenvalue weighted by molar-refractivity contribution is 5.79. The van der Waals surface area contributed by atoms with Crippen molar-refractivity contribution >= 4 is 11.7 Å². The lowest BCUT2D eigenvalue weighted by Gasteiger charge is -2.38. The molecular formula is C18H26N4O. The Bertz CT molecular complexity index is 561. The summed E-state index contributed by atoms with van der Waals surface area (Å²) >= 11 is 0. The Kier molecular flexibility index (Phi) is 4.94. The van der Waals surface area contributed by atoms with Gasteiger partial charge in [0.25, 0.3) is 0 Å². The van der Waals surface area contributed by atoms with Crippen molar-refractivity contribution in [2.24, 2.45) is 5.92 Å². The average Bonchev–Trinajstić information content (AvgIpc) is 2.62. The Morgan fingerprint density at radius 1 is 1.17 bits per heavy atom. The van der Waals surface area contributed by atoms with Crippen LogP contribution in [0, 0.1) is 12.8 Å². The van der Waals surface area contributed by atoms with Crippen molar-refractivity contribution < 1.29 is 4.79 Å². The highest BCUT2D eigenvalue weighted by atomic mass is 16.2. The fourth-order valence-corrected chi connectivity index (χ4v) is 3.52. The first-order valence-corrected chi connectivity index (χ1v) is 8.62. The predicted octanol–water partition coefficient (Wildman–Crippen LogP) is 2.57. The average molecular weight is 314 g/mol. The molecular weight excluding hydrogens is 288 g/mol. The Morgan fingerprint density at radius 3 is 2.57 bits per heavy atom. The molecule has 0 saturated carbocycles. The molecule has 1 saturated heterocycles. The van der Waals surface area contributed by atoms with Gasteiger partial charge in [-0.1, -0.05) is 12.2 Å². The molecule has 1 amide bonds. The Labute approximate surface area is 138 Å². The molecule has 2 heterocycles. The summed E-state index contributed by atoms with van der Waals surface area (Å²) in [6.07, 6.45) is 9.31. The van der Waals surface area contributed by atoms with Crippen LogP contribution in [-0.2, 0) is 4.79 Å². The van der Waals surface area contributed by atoms with Crippen molar-refractivity contribution in [2.45, 2.75) is 45.1 Å². The number of likely N-dealkylation sites (tertiary alicyclic amines) is 1. The summed E-state index contributed by atoms with van der Waals surface area (Å²) in [7, 11) is 2.08. The fraction of sp³-hybridized carbons (Fsp3) is 0.611. The normalized spacial score (nSPS) is 22.2. The third kappa shape index (κ3) is 3.71. The van der Waals surface area contributed by atoms with E-state index >= 15 is 0 Å². The smallest absolute Gasteiger partial charge is 0.226 e. The van der Waals surface area contributed by atoms with Crippen LogP contribution in [0.1, 0.15) is 37.8 Å². The molecule has 1 fully saturated rings. The van der Waals surface area contributed by atoms with Gasteiger partial charge >= 0.3 is 0 Å². The molecule has 1 aromatic heterocycles. The van der Waals surface area contributed by atoms with Gasteiger partial charge in [-0.05, 0) is 51.2 Å². The minimum Gasteiger partial charge on any atom is -0.355 e. The van der Waals surface area contributed by atoms with E-state index in [-0.39, 0.29) is 5.92 Å². The molecule has 23 heavy (non-hydrogen) atoms. The zero-order chi connectivity index (χ0) is 16.2. The first-order valence-electron chi connectivity index (χ1n) is 8.62. The molecule has 0 radical (unpaired) electrons. The van der Waals surface area contributed by atoms with Crippen LogP contribution in [0.4, 0.5) is 5.82 Å².